The van der Waals surface area contributed by atoms with Crippen molar-refractivity contribution in [2.45, 2.75) is 25.4 Å². The number of β-amino-alcohol motifs (C(OH)–C–C–N with tert-alkyl or cyclic N) is 1. The molecule has 1 unspecified atom stereocenters. The number of aliphatic hydroxyl groups excluding tert-OH is 1. The number of hydrogen-bond acceptors (Lipinski definition) is 7. The van der Waals surface area contributed by atoms with Gasteiger partial charge in [0.1, 0.15) is 12.7 Å². The van der Waals surface area contributed by atoms with Gasteiger partial charge in [0, 0.05) is 36.7 Å². The van der Waals surface area contributed by atoms with Crippen LogP contribution in [-0.2, 0) is 14.4 Å². The maximum absolute atomic E-state index is 9.90. The minimum Gasteiger partial charge on any atom is -0.478 e. The Bertz CT molecular complexity index is 647. The van der Waals surface area contributed by atoms with Gasteiger partial charge in [0.25, 0.3) is 0 Å². The van der Waals surface area contributed by atoms with Crippen molar-refractivity contribution in [3.05, 3.63) is 42.2 Å². The zero-order valence-corrected chi connectivity index (χ0v) is 16.0. The molecular weight excluding hydrogens is 390 g/mol. The molecule has 154 valence electrons. The number of carbonyl (C=O) groups is 2. The van der Waals surface area contributed by atoms with E-state index in [1.54, 1.807) is 24.5 Å². The van der Waals surface area contributed by atoms with E-state index in [1.807, 2.05) is 0 Å². The van der Waals surface area contributed by atoms with Gasteiger partial charge in [-0.3, -0.25) is 4.98 Å². The Morgan fingerprint density at radius 2 is 1.75 bits per heavy atom. The number of aromatic nitrogens is 1. The number of piperidine rings is 1. The summed E-state index contributed by atoms with van der Waals surface area (Å²) < 4.78 is 0. The summed E-state index contributed by atoms with van der Waals surface area (Å²) in [6, 6.07) is 3.50. The van der Waals surface area contributed by atoms with E-state index in [1.165, 1.54) is 19.3 Å². The van der Waals surface area contributed by atoms with Crippen molar-refractivity contribution in [3.63, 3.8) is 0 Å². The quantitative estimate of drug-likeness (QED) is 0.332. The minimum absolute atomic E-state index is 0.151. The second-order valence-corrected chi connectivity index (χ2v) is 6.30. The molecule has 1 aromatic heterocycles. The van der Waals surface area contributed by atoms with Crippen LogP contribution in [-0.4, -0.2) is 74.7 Å². The van der Waals surface area contributed by atoms with Crippen molar-refractivity contribution in [3.8, 4) is 0 Å². The van der Waals surface area contributed by atoms with Crippen LogP contribution in [0.5, 0.6) is 0 Å². The van der Waals surface area contributed by atoms with E-state index in [4.69, 9.17) is 26.7 Å². The van der Waals surface area contributed by atoms with Crippen LogP contribution in [0.2, 0.25) is 0 Å². The Kier molecular flexibility index (Phi) is 11.5. The van der Waals surface area contributed by atoms with Gasteiger partial charge in [0.2, 0.25) is 0 Å². The highest BCUT2D eigenvalue weighted by atomic mass is 35.5. The molecule has 1 fully saturated rings. The topological polar surface area (TPSA) is 133 Å². The van der Waals surface area contributed by atoms with Crippen molar-refractivity contribution in [1.82, 2.24) is 9.88 Å². The summed E-state index contributed by atoms with van der Waals surface area (Å²) in [6.07, 6.45) is 7.55. The first-order chi connectivity index (χ1) is 13.4. The number of rotatable bonds is 8. The van der Waals surface area contributed by atoms with Gasteiger partial charge in [-0.2, -0.15) is 0 Å². The number of carboxylic acid groups (broad SMARTS) is 2. The fourth-order valence-corrected chi connectivity index (χ4v) is 2.53. The number of pyridine rings is 1. The third kappa shape index (κ3) is 11.3. The largest absolute Gasteiger partial charge is 0.478 e. The smallest absolute Gasteiger partial charge is 0.328 e. The molecule has 1 aromatic rings. The number of halogens is 1. The van der Waals surface area contributed by atoms with Crippen molar-refractivity contribution in [2.75, 3.05) is 26.2 Å². The van der Waals surface area contributed by atoms with Gasteiger partial charge in [0.05, 0.1) is 0 Å². The number of aliphatic hydroxyl groups is 1. The van der Waals surface area contributed by atoms with Gasteiger partial charge in [-0.25, -0.2) is 9.59 Å². The average Bonchev–Trinajstić information content (AvgIpc) is 2.68. The van der Waals surface area contributed by atoms with Gasteiger partial charge in [-0.1, -0.05) is 23.2 Å². The lowest BCUT2D eigenvalue weighted by Gasteiger charge is -2.27. The number of aliphatic carboxylic acids is 2. The average molecular weight is 414 g/mol. The highest BCUT2D eigenvalue weighted by Crippen LogP contribution is 2.09. The van der Waals surface area contributed by atoms with Gasteiger partial charge < -0.3 is 25.1 Å². The van der Waals surface area contributed by atoms with Gasteiger partial charge >= 0.3 is 11.9 Å². The number of carboxylic acids is 2. The van der Waals surface area contributed by atoms with E-state index in [-0.39, 0.29) is 11.8 Å². The molecule has 1 saturated heterocycles. The van der Waals surface area contributed by atoms with Crippen LogP contribution in [0.1, 0.15) is 24.8 Å². The molecule has 0 amide bonds. The molecule has 1 aliphatic rings. The lowest BCUT2D eigenvalue weighted by molar-refractivity contribution is -0.134. The second kappa shape index (κ2) is 13.6. The molecule has 3 N–H and O–H groups in total. The highest BCUT2D eigenvalue weighted by molar-refractivity contribution is 6.69. The van der Waals surface area contributed by atoms with Gasteiger partial charge in [0.15, 0.2) is 5.17 Å². The molecule has 10 heteroatoms. The summed E-state index contributed by atoms with van der Waals surface area (Å²) >= 11 is 5.99. The van der Waals surface area contributed by atoms with Crippen molar-refractivity contribution >= 4 is 28.7 Å². The first kappa shape index (κ1) is 23.5. The second-order valence-electron chi connectivity index (χ2n) is 5.94. The normalized spacial score (nSPS) is 16.1. The molecule has 1 aliphatic heterocycles. The lowest BCUT2D eigenvalue weighted by Crippen LogP contribution is -2.38. The molecule has 0 aliphatic carbocycles. The molecule has 1 atom stereocenters. The molecule has 28 heavy (non-hydrogen) atoms. The number of hydrogen-bond donors (Lipinski definition) is 3. The molecule has 0 saturated carbocycles. The Labute approximate surface area is 167 Å². The lowest BCUT2D eigenvalue weighted by atomic mass is 10.1. The molecule has 9 nitrogen and oxygen atoms in total. The van der Waals surface area contributed by atoms with Crippen LogP contribution in [0.4, 0.5) is 0 Å². The zero-order chi connectivity index (χ0) is 20.8. The first-order valence-corrected chi connectivity index (χ1v) is 9.06. The monoisotopic (exact) mass is 413 g/mol. The summed E-state index contributed by atoms with van der Waals surface area (Å²) in [7, 11) is 0. The molecular formula is C18H24ClN3O6. The van der Waals surface area contributed by atoms with E-state index in [2.05, 4.69) is 15.0 Å². The maximum Gasteiger partial charge on any atom is 0.328 e. The van der Waals surface area contributed by atoms with E-state index in [9.17, 15) is 14.7 Å². The van der Waals surface area contributed by atoms with Crippen LogP contribution in [0.25, 0.3) is 0 Å². The molecule has 2 heterocycles. The van der Waals surface area contributed by atoms with E-state index in [0.29, 0.717) is 18.7 Å². The van der Waals surface area contributed by atoms with Crippen LogP contribution in [0.15, 0.2) is 41.8 Å². The van der Waals surface area contributed by atoms with Crippen molar-refractivity contribution in [2.24, 2.45) is 5.16 Å². The van der Waals surface area contributed by atoms with Gasteiger partial charge in [-0.05, 0) is 38.1 Å². The number of oxime groups is 1. The predicted octanol–water partition coefficient (Wildman–Crippen LogP) is 1.56. The summed E-state index contributed by atoms with van der Waals surface area (Å²) in [5.41, 5.74) is 0.743. The summed E-state index contributed by atoms with van der Waals surface area (Å²) in [4.78, 5) is 30.4. The first-order valence-electron chi connectivity index (χ1n) is 8.68. The SMILES string of the molecule is O=C(O)C=CC(=O)O.OC(CO/N=C(\Cl)c1ccncc1)CN1CCCCC1. The fourth-order valence-electron chi connectivity index (χ4n) is 2.36. The van der Waals surface area contributed by atoms with Crippen LogP contribution in [0, 0.1) is 0 Å². The van der Waals surface area contributed by atoms with Crippen LogP contribution in [0.3, 0.4) is 0 Å². The molecule has 0 radical (unpaired) electrons. The highest BCUT2D eigenvalue weighted by Gasteiger charge is 2.15. The van der Waals surface area contributed by atoms with E-state index >= 15 is 0 Å². The molecule has 0 aromatic carbocycles. The maximum atomic E-state index is 9.90. The third-order valence-electron chi connectivity index (χ3n) is 3.62. The fraction of sp³-hybridized carbons (Fsp3) is 0.444. The molecule has 0 bridgehead atoms. The van der Waals surface area contributed by atoms with Crippen molar-refractivity contribution < 1.29 is 29.7 Å². The summed E-state index contributed by atoms with van der Waals surface area (Å²) in [5.74, 6) is -2.51. The summed E-state index contributed by atoms with van der Waals surface area (Å²) in [6.45, 7) is 2.89. The number of likely N-dealkylation sites (tertiary alicyclic amines) is 1. The van der Waals surface area contributed by atoms with Crippen molar-refractivity contribution in [1.29, 1.82) is 0 Å². The molecule has 0 spiro atoms. The Morgan fingerprint density at radius 1 is 1.18 bits per heavy atom. The predicted molar refractivity (Wildman–Crippen MR) is 103 cm³/mol. The summed E-state index contributed by atoms with van der Waals surface area (Å²) in [5, 5.41) is 29.6. The van der Waals surface area contributed by atoms with E-state index < -0.39 is 18.0 Å². The minimum atomic E-state index is -1.26. The zero-order valence-electron chi connectivity index (χ0n) is 15.3. The Hall–Kier alpha value is -2.49. The standard InChI is InChI=1S/C14H20ClN3O2.C4H4O4/c15-14(12-4-6-16-7-5-12)17-20-11-13(19)10-18-8-2-1-3-9-18;5-3(6)1-2-4(7)8/h4-7,13,19H,1-3,8-11H2;1-2H,(H,5,6)(H,7,8)/b17-14-;. The Balaban J connectivity index is 0.000000416. The van der Waals surface area contributed by atoms with Crippen LogP contribution < -0.4 is 0 Å². The van der Waals surface area contributed by atoms with E-state index in [0.717, 1.165) is 18.7 Å². The molecule has 2 rings (SSSR count). The Morgan fingerprint density at radius 3 is 2.29 bits per heavy atom. The van der Waals surface area contributed by atoms with Gasteiger partial charge in [-0.15, -0.1) is 0 Å². The van der Waals surface area contributed by atoms with Crippen LogP contribution >= 0.6 is 11.6 Å². The number of nitrogens with zero attached hydrogens (tertiary/aromatic N) is 3. The third-order valence-corrected chi connectivity index (χ3v) is 3.90.